The van der Waals surface area contributed by atoms with Gasteiger partial charge in [-0.15, -0.1) is 0 Å². The molecule has 0 unspecified atom stereocenters. The zero-order valence-electron chi connectivity index (χ0n) is 19.5. The third-order valence-corrected chi connectivity index (χ3v) is 6.21. The quantitative estimate of drug-likeness (QED) is 0.366. The maximum absolute atomic E-state index is 13.0. The van der Waals surface area contributed by atoms with E-state index in [0.717, 1.165) is 0 Å². The van der Waals surface area contributed by atoms with Crippen LogP contribution in [0.1, 0.15) is 54.4 Å². The van der Waals surface area contributed by atoms with E-state index in [1.807, 2.05) is 0 Å². The molecule has 1 saturated carbocycles. The van der Waals surface area contributed by atoms with E-state index in [9.17, 15) is 29.4 Å². The number of ketones is 1. The van der Waals surface area contributed by atoms with Crippen LogP contribution in [0.4, 0.5) is 0 Å². The normalized spacial score (nSPS) is 36.0. The number of hydrogen-bond acceptors (Lipinski definition) is 9. The first-order chi connectivity index (χ1) is 14.7. The number of carbonyl (C=O) groups is 4. The molecule has 2 N–H and O–H groups in total. The summed E-state index contributed by atoms with van der Waals surface area (Å²) in [6, 6.07) is 0. The molecule has 9 nitrogen and oxygen atoms in total. The van der Waals surface area contributed by atoms with Crippen LogP contribution in [0.25, 0.3) is 0 Å². The molecule has 2 rings (SSSR count). The second-order valence-electron chi connectivity index (χ2n) is 9.57. The number of Topliss-reactive ketones (excluding diaryl/α,β-unsaturated/α-hetero) is 1. The summed E-state index contributed by atoms with van der Waals surface area (Å²) in [4.78, 5) is 50.1. The molecule has 0 aromatic rings. The van der Waals surface area contributed by atoms with Crippen molar-refractivity contribution in [2.24, 2.45) is 23.7 Å². The fraction of sp³-hybridized carbons (Fsp3) is 0.739. The molecular weight excluding hydrogens is 420 g/mol. The molecule has 32 heavy (non-hydrogen) atoms. The van der Waals surface area contributed by atoms with Gasteiger partial charge in [-0.05, 0) is 19.3 Å². The SMILES string of the molecule is C=C1C(=O)O[C@H]2[C@H]1[C@@H](O)[C@H](OC(=O)C(C)C)[C@H](C)CCC(=O)[C@](C)(O)[C@@H]2OC(=O)C(C)C. The summed E-state index contributed by atoms with van der Waals surface area (Å²) in [5, 5.41) is 22.4. The summed E-state index contributed by atoms with van der Waals surface area (Å²) >= 11 is 0. The lowest BCUT2D eigenvalue weighted by Gasteiger charge is -2.41. The molecule has 0 amide bonds. The number of aliphatic hydroxyl groups is 2. The number of carbonyl (C=O) groups excluding carboxylic acids is 4. The van der Waals surface area contributed by atoms with E-state index in [2.05, 4.69) is 6.58 Å². The predicted molar refractivity (Wildman–Crippen MR) is 112 cm³/mol. The van der Waals surface area contributed by atoms with Crippen LogP contribution in [0.2, 0.25) is 0 Å². The van der Waals surface area contributed by atoms with E-state index in [1.54, 1.807) is 34.6 Å². The standard InChI is InChI=1S/C23H34O9/c1-10(2)20(26)30-17-12(5)8-9-14(24)23(7,29)19(32-21(27)11(3)4)18-15(16(17)25)13(6)22(28)31-18/h10-12,15-19,25,29H,6,8-9H2,1-5,7H3/t12-,15-,16-,17-,18+,19-,23+/m1/s1. The molecule has 0 aromatic heterocycles. The zero-order chi connectivity index (χ0) is 24.5. The van der Waals surface area contributed by atoms with Gasteiger partial charge in [-0.1, -0.05) is 41.2 Å². The van der Waals surface area contributed by atoms with Crippen molar-refractivity contribution < 1.29 is 43.6 Å². The van der Waals surface area contributed by atoms with Gasteiger partial charge in [0.25, 0.3) is 0 Å². The molecular formula is C23H34O9. The molecule has 2 fully saturated rings. The molecule has 7 atom stereocenters. The number of rotatable bonds is 4. The van der Waals surface area contributed by atoms with Crippen LogP contribution in [-0.4, -0.2) is 63.9 Å². The number of hydrogen-bond donors (Lipinski definition) is 2. The highest BCUT2D eigenvalue weighted by Crippen LogP contribution is 2.41. The van der Waals surface area contributed by atoms with E-state index in [0.29, 0.717) is 0 Å². The van der Waals surface area contributed by atoms with E-state index in [4.69, 9.17) is 14.2 Å². The van der Waals surface area contributed by atoms with Gasteiger partial charge in [0, 0.05) is 12.0 Å². The molecule has 180 valence electrons. The Labute approximate surface area is 188 Å². The Kier molecular flexibility index (Phi) is 7.88. The van der Waals surface area contributed by atoms with E-state index < -0.39 is 77.4 Å². The fourth-order valence-corrected chi connectivity index (χ4v) is 3.95. The minimum atomic E-state index is -2.18. The minimum Gasteiger partial charge on any atom is -0.459 e. The monoisotopic (exact) mass is 454 g/mol. The average molecular weight is 455 g/mol. The van der Waals surface area contributed by atoms with Crippen molar-refractivity contribution in [3.8, 4) is 0 Å². The lowest BCUT2D eigenvalue weighted by atomic mass is 9.75. The number of esters is 3. The van der Waals surface area contributed by atoms with Gasteiger partial charge in [0.1, 0.15) is 12.2 Å². The topological polar surface area (TPSA) is 136 Å². The Bertz CT molecular complexity index is 782. The Morgan fingerprint density at radius 2 is 1.66 bits per heavy atom. The van der Waals surface area contributed by atoms with Crippen LogP contribution < -0.4 is 0 Å². The summed E-state index contributed by atoms with van der Waals surface area (Å²) in [7, 11) is 0. The van der Waals surface area contributed by atoms with Gasteiger partial charge < -0.3 is 24.4 Å². The molecule has 0 bridgehead atoms. The highest BCUT2D eigenvalue weighted by atomic mass is 16.6. The first kappa shape index (κ1) is 26.0. The van der Waals surface area contributed by atoms with Crippen LogP contribution in [0.15, 0.2) is 12.2 Å². The summed E-state index contributed by atoms with van der Waals surface area (Å²) in [5.41, 5.74) is -2.30. The Hall–Kier alpha value is -2.26. The molecule has 1 heterocycles. The van der Waals surface area contributed by atoms with Gasteiger partial charge in [0.05, 0.1) is 17.8 Å². The lowest BCUT2D eigenvalue weighted by Crippen LogP contribution is -2.59. The van der Waals surface area contributed by atoms with Crippen molar-refractivity contribution in [3.05, 3.63) is 12.2 Å². The van der Waals surface area contributed by atoms with Crippen LogP contribution in [0.5, 0.6) is 0 Å². The van der Waals surface area contributed by atoms with Crippen LogP contribution in [0.3, 0.4) is 0 Å². The van der Waals surface area contributed by atoms with Crippen molar-refractivity contribution in [3.63, 3.8) is 0 Å². The molecule has 1 saturated heterocycles. The molecule has 0 radical (unpaired) electrons. The average Bonchev–Trinajstić information content (AvgIpc) is 2.99. The maximum Gasteiger partial charge on any atom is 0.334 e. The van der Waals surface area contributed by atoms with Gasteiger partial charge in [0.15, 0.2) is 23.6 Å². The first-order valence-corrected chi connectivity index (χ1v) is 10.9. The van der Waals surface area contributed by atoms with Crippen LogP contribution in [0, 0.1) is 23.7 Å². The van der Waals surface area contributed by atoms with Crippen molar-refractivity contribution in [1.29, 1.82) is 0 Å². The van der Waals surface area contributed by atoms with E-state index in [-0.39, 0.29) is 18.4 Å². The van der Waals surface area contributed by atoms with Gasteiger partial charge in [-0.2, -0.15) is 0 Å². The predicted octanol–water partition coefficient (Wildman–Crippen LogP) is 1.33. The summed E-state index contributed by atoms with van der Waals surface area (Å²) in [6.07, 6.45) is -5.42. The van der Waals surface area contributed by atoms with E-state index >= 15 is 0 Å². The number of ether oxygens (including phenoxy) is 3. The number of aliphatic hydroxyl groups excluding tert-OH is 1. The number of fused-ring (bicyclic) bond motifs is 1. The van der Waals surface area contributed by atoms with Crippen molar-refractivity contribution in [2.75, 3.05) is 0 Å². The smallest absolute Gasteiger partial charge is 0.334 e. The molecule has 0 spiro atoms. The molecule has 2 aliphatic rings. The van der Waals surface area contributed by atoms with Gasteiger partial charge in [-0.25, -0.2) is 4.79 Å². The maximum atomic E-state index is 13.0. The minimum absolute atomic E-state index is 0.116. The summed E-state index contributed by atoms with van der Waals surface area (Å²) in [5.74, 6) is -5.43. The first-order valence-electron chi connectivity index (χ1n) is 10.9. The summed E-state index contributed by atoms with van der Waals surface area (Å²) in [6.45, 7) is 13.1. The van der Waals surface area contributed by atoms with Crippen molar-refractivity contribution in [2.45, 2.75) is 84.4 Å². The highest BCUT2D eigenvalue weighted by molar-refractivity contribution is 5.92. The van der Waals surface area contributed by atoms with Crippen LogP contribution in [-0.2, 0) is 33.4 Å². The Balaban J connectivity index is 2.58. The molecule has 9 heteroatoms. The highest BCUT2D eigenvalue weighted by Gasteiger charge is 2.58. The molecule has 1 aliphatic carbocycles. The second kappa shape index (κ2) is 9.70. The van der Waals surface area contributed by atoms with Crippen molar-refractivity contribution in [1.82, 2.24) is 0 Å². The summed E-state index contributed by atoms with van der Waals surface area (Å²) < 4.78 is 16.4. The lowest BCUT2D eigenvalue weighted by molar-refractivity contribution is -0.198. The third-order valence-electron chi connectivity index (χ3n) is 6.21. The fourth-order valence-electron chi connectivity index (χ4n) is 3.95. The Morgan fingerprint density at radius 1 is 1.12 bits per heavy atom. The third kappa shape index (κ3) is 5.04. The van der Waals surface area contributed by atoms with Gasteiger partial charge in [0.2, 0.25) is 0 Å². The largest absolute Gasteiger partial charge is 0.459 e. The van der Waals surface area contributed by atoms with Crippen molar-refractivity contribution >= 4 is 23.7 Å². The molecule has 1 aliphatic heterocycles. The Morgan fingerprint density at radius 3 is 2.19 bits per heavy atom. The van der Waals surface area contributed by atoms with Gasteiger partial charge >= 0.3 is 17.9 Å². The van der Waals surface area contributed by atoms with E-state index in [1.165, 1.54) is 6.92 Å². The zero-order valence-corrected chi connectivity index (χ0v) is 19.5. The van der Waals surface area contributed by atoms with Crippen LogP contribution >= 0.6 is 0 Å². The molecule has 0 aromatic carbocycles. The van der Waals surface area contributed by atoms with Gasteiger partial charge in [-0.3, -0.25) is 14.4 Å². The second-order valence-corrected chi connectivity index (χ2v) is 9.57.